The number of hydrogen-bond donors (Lipinski definition) is 2. The fourth-order valence-electron chi connectivity index (χ4n) is 1.96. The van der Waals surface area contributed by atoms with Crippen LogP contribution in [0.2, 0.25) is 0 Å². The second kappa shape index (κ2) is 7.43. The highest BCUT2D eigenvalue weighted by Crippen LogP contribution is 2.29. The molecule has 8 heteroatoms. The van der Waals surface area contributed by atoms with Crippen molar-refractivity contribution in [2.75, 3.05) is 6.54 Å². The van der Waals surface area contributed by atoms with Gasteiger partial charge < -0.3 is 5.11 Å². The molecule has 126 valence electrons. The first kappa shape index (κ1) is 18.9. The van der Waals surface area contributed by atoms with Gasteiger partial charge in [-0.3, -0.25) is 0 Å². The summed E-state index contributed by atoms with van der Waals surface area (Å²) in [4.78, 5) is 0. The van der Waals surface area contributed by atoms with E-state index in [0.717, 1.165) is 12.1 Å². The molecule has 0 aliphatic heterocycles. The van der Waals surface area contributed by atoms with Crippen LogP contribution in [-0.2, 0) is 22.0 Å². The van der Waals surface area contributed by atoms with E-state index in [0.29, 0.717) is 6.42 Å². The summed E-state index contributed by atoms with van der Waals surface area (Å²) in [5.74, 6) is -0.353. The zero-order valence-electron chi connectivity index (χ0n) is 12.4. The van der Waals surface area contributed by atoms with Crippen molar-refractivity contribution in [3.63, 3.8) is 0 Å². The molecule has 0 spiro atoms. The molecular formula is C14H20F3NO3S. The number of benzene rings is 1. The van der Waals surface area contributed by atoms with E-state index in [9.17, 15) is 26.7 Å². The van der Waals surface area contributed by atoms with E-state index >= 15 is 0 Å². The minimum Gasteiger partial charge on any atom is -0.392 e. The quantitative estimate of drug-likeness (QED) is 0.802. The van der Waals surface area contributed by atoms with Crippen molar-refractivity contribution in [1.29, 1.82) is 0 Å². The summed E-state index contributed by atoms with van der Waals surface area (Å²) in [6, 6.07) is 4.18. The van der Waals surface area contributed by atoms with Gasteiger partial charge in [0, 0.05) is 6.54 Å². The minimum absolute atomic E-state index is 0.0423. The van der Waals surface area contributed by atoms with Crippen LogP contribution in [0.3, 0.4) is 0 Å². The molecule has 0 saturated heterocycles. The topological polar surface area (TPSA) is 66.4 Å². The molecule has 0 aliphatic rings. The van der Waals surface area contributed by atoms with Crippen molar-refractivity contribution >= 4 is 10.0 Å². The lowest BCUT2D eigenvalue weighted by Gasteiger charge is -2.14. The van der Waals surface area contributed by atoms with Gasteiger partial charge in [-0.2, -0.15) is 13.2 Å². The van der Waals surface area contributed by atoms with Crippen LogP contribution in [0.1, 0.15) is 31.4 Å². The molecule has 1 atom stereocenters. The molecule has 22 heavy (non-hydrogen) atoms. The molecule has 0 saturated carbocycles. The van der Waals surface area contributed by atoms with Crippen LogP contribution in [0.25, 0.3) is 0 Å². The summed E-state index contributed by atoms with van der Waals surface area (Å²) in [5.41, 5.74) is -0.847. The second-order valence-corrected chi connectivity index (χ2v) is 7.40. The van der Waals surface area contributed by atoms with Gasteiger partial charge in [-0.15, -0.1) is 0 Å². The molecule has 1 unspecified atom stereocenters. The fourth-order valence-corrected chi connectivity index (χ4v) is 3.13. The Morgan fingerprint density at radius 3 is 2.45 bits per heavy atom. The van der Waals surface area contributed by atoms with Crippen LogP contribution in [0.15, 0.2) is 24.3 Å². The highest BCUT2D eigenvalue weighted by atomic mass is 32.2. The van der Waals surface area contributed by atoms with Gasteiger partial charge in [-0.1, -0.05) is 32.0 Å². The normalized spacial score (nSPS) is 14.3. The SMILES string of the molecule is CC(C)CC(O)CNS(=O)(=O)Cc1cccc(C(F)(F)F)c1. The van der Waals surface area contributed by atoms with E-state index in [-0.39, 0.29) is 18.0 Å². The van der Waals surface area contributed by atoms with E-state index in [2.05, 4.69) is 4.72 Å². The molecule has 0 bridgehead atoms. The number of sulfonamides is 1. The highest BCUT2D eigenvalue weighted by Gasteiger charge is 2.30. The standard InChI is InChI=1S/C14H20F3NO3S/c1-10(2)6-13(19)8-18-22(20,21)9-11-4-3-5-12(7-11)14(15,16)17/h3-5,7,10,13,18-19H,6,8-9H2,1-2H3. The average Bonchev–Trinajstić information content (AvgIpc) is 2.34. The molecule has 0 aromatic heterocycles. The molecule has 0 amide bonds. The first-order valence-corrected chi connectivity index (χ1v) is 8.46. The summed E-state index contributed by atoms with van der Waals surface area (Å²) >= 11 is 0. The summed E-state index contributed by atoms with van der Waals surface area (Å²) in [5, 5.41) is 9.62. The molecule has 4 nitrogen and oxygen atoms in total. The fraction of sp³-hybridized carbons (Fsp3) is 0.571. The maximum Gasteiger partial charge on any atom is 0.416 e. The molecule has 0 radical (unpaired) electrons. The summed E-state index contributed by atoms with van der Waals surface area (Å²) in [6.45, 7) is 3.63. The number of aliphatic hydroxyl groups is 1. The van der Waals surface area contributed by atoms with Crippen LogP contribution in [0.4, 0.5) is 13.2 Å². The summed E-state index contributed by atoms with van der Waals surface area (Å²) in [7, 11) is -3.81. The number of hydrogen-bond acceptors (Lipinski definition) is 3. The van der Waals surface area contributed by atoms with Gasteiger partial charge in [0.05, 0.1) is 17.4 Å². The number of nitrogens with one attached hydrogen (secondary N) is 1. The van der Waals surface area contributed by atoms with Gasteiger partial charge in [-0.05, 0) is 24.0 Å². The van der Waals surface area contributed by atoms with Crippen LogP contribution in [0, 0.1) is 5.92 Å². The van der Waals surface area contributed by atoms with Crippen molar-refractivity contribution in [3.8, 4) is 0 Å². The van der Waals surface area contributed by atoms with E-state index in [1.54, 1.807) is 0 Å². The van der Waals surface area contributed by atoms with E-state index in [1.807, 2.05) is 13.8 Å². The number of aliphatic hydroxyl groups excluding tert-OH is 1. The monoisotopic (exact) mass is 339 g/mol. The number of halogens is 3. The van der Waals surface area contributed by atoms with Crippen LogP contribution < -0.4 is 4.72 Å². The van der Waals surface area contributed by atoms with Crippen molar-refractivity contribution in [2.45, 2.75) is 38.3 Å². The largest absolute Gasteiger partial charge is 0.416 e. The Morgan fingerprint density at radius 2 is 1.91 bits per heavy atom. The molecule has 1 rings (SSSR count). The predicted octanol–water partition coefficient (Wildman–Crippen LogP) is 2.53. The Morgan fingerprint density at radius 1 is 1.27 bits per heavy atom. The van der Waals surface area contributed by atoms with Gasteiger partial charge in [0.25, 0.3) is 0 Å². The van der Waals surface area contributed by atoms with Gasteiger partial charge in [0.15, 0.2) is 0 Å². The first-order chi connectivity index (χ1) is 9.99. The van der Waals surface area contributed by atoms with Gasteiger partial charge in [-0.25, -0.2) is 13.1 Å². The molecular weight excluding hydrogens is 319 g/mol. The second-order valence-electron chi connectivity index (χ2n) is 5.59. The molecule has 0 heterocycles. The van der Waals surface area contributed by atoms with Gasteiger partial charge >= 0.3 is 6.18 Å². The number of rotatable bonds is 7. The Hall–Kier alpha value is -1.12. The van der Waals surface area contributed by atoms with Crippen LogP contribution in [0.5, 0.6) is 0 Å². The Kier molecular flexibility index (Phi) is 6.39. The lowest BCUT2D eigenvalue weighted by Crippen LogP contribution is -2.33. The molecule has 1 aromatic rings. The lowest BCUT2D eigenvalue weighted by molar-refractivity contribution is -0.137. The lowest BCUT2D eigenvalue weighted by atomic mass is 10.1. The highest BCUT2D eigenvalue weighted by molar-refractivity contribution is 7.88. The first-order valence-electron chi connectivity index (χ1n) is 6.81. The Labute approximate surface area is 128 Å². The number of alkyl halides is 3. The third-order valence-corrected chi connectivity index (χ3v) is 4.21. The smallest absolute Gasteiger partial charge is 0.392 e. The molecule has 1 aromatic carbocycles. The minimum atomic E-state index is -4.51. The van der Waals surface area contributed by atoms with Gasteiger partial charge in [0.2, 0.25) is 10.0 Å². The van der Waals surface area contributed by atoms with Gasteiger partial charge in [0.1, 0.15) is 0 Å². The summed E-state index contributed by atoms with van der Waals surface area (Å²) in [6.07, 6.45) is -4.90. The molecule has 0 aliphatic carbocycles. The zero-order valence-corrected chi connectivity index (χ0v) is 13.2. The maximum absolute atomic E-state index is 12.6. The third kappa shape index (κ3) is 6.76. The van der Waals surface area contributed by atoms with Crippen molar-refractivity contribution in [1.82, 2.24) is 4.72 Å². The van der Waals surface area contributed by atoms with E-state index in [4.69, 9.17) is 0 Å². The van der Waals surface area contributed by atoms with Crippen LogP contribution in [-0.4, -0.2) is 26.2 Å². The molecule has 0 fully saturated rings. The third-order valence-electron chi connectivity index (χ3n) is 2.89. The predicted molar refractivity (Wildman–Crippen MR) is 77.5 cm³/mol. The van der Waals surface area contributed by atoms with E-state index in [1.165, 1.54) is 12.1 Å². The van der Waals surface area contributed by atoms with Crippen molar-refractivity contribution in [2.24, 2.45) is 5.92 Å². The Bertz CT molecular complexity index is 585. The zero-order chi connectivity index (χ0) is 17.0. The Balaban J connectivity index is 2.69. The van der Waals surface area contributed by atoms with Crippen molar-refractivity contribution < 1.29 is 26.7 Å². The van der Waals surface area contributed by atoms with E-state index < -0.39 is 33.6 Å². The van der Waals surface area contributed by atoms with Crippen molar-refractivity contribution in [3.05, 3.63) is 35.4 Å². The molecule has 2 N–H and O–H groups in total. The maximum atomic E-state index is 12.6. The average molecular weight is 339 g/mol. The summed E-state index contributed by atoms with van der Waals surface area (Å²) < 4.78 is 63.6. The van der Waals surface area contributed by atoms with Crippen LogP contribution >= 0.6 is 0 Å².